The molecule has 0 spiro atoms. The Bertz CT molecular complexity index is 461. The van der Waals surface area contributed by atoms with E-state index in [9.17, 15) is 8.78 Å². The molecule has 0 saturated heterocycles. The minimum atomic E-state index is -0.678. The molecule has 0 atom stereocenters. The maximum absolute atomic E-state index is 13.8. The number of halogens is 2. The summed E-state index contributed by atoms with van der Waals surface area (Å²) in [5, 5.41) is 2.83. The van der Waals surface area contributed by atoms with E-state index in [1.165, 1.54) is 0 Å². The van der Waals surface area contributed by atoms with Crippen molar-refractivity contribution in [1.29, 1.82) is 0 Å². The lowest BCUT2D eigenvalue weighted by Gasteiger charge is -2.30. The van der Waals surface area contributed by atoms with Crippen LogP contribution in [0.1, 0.15) is 33.3 Å². The molecule has 5 heteroatoms. The molecule has 0 radical (unpaired) electrons. The van der Waals surface area contributed by atoms with Crippen molar-refractivity contribution in [2.75, 3.05) is 11.9 Å². The molecule has 0 aromatic heterocycles. The van der Waals surface area contributed by atoms with Crippen molar-refractivity contribution in [3.05, 3.63) is 29.3 Å². The van der Waals surface area contributed by atoms with Gasteiger partial charge in [0.2, 0.25) is 0 Å². The highest BCUT2D eigenvalue weighted by molar-refractivity contribution is 7.80. The normalized spacial score (nSPS) is 11.7. The van der Waals surface area contributed by atoms with Crippen molar-refractivity contribution in [1.82, 2.24) is 0 Å². The van der Waals surface area contributed by atoms with Gasteiger partial charge in [0.1, 0.15) is 22.3 Å². The Hall–Kier alpha value is -1.23. The smallest absolute Gasteiger partial charge is 0.150 e. The van der Waals surface area contributed by atoms with Gasteiger partial charge in [0.05, 0.1) is 0 Å². The summed E-state index contributed by atoms with van der Waals surface area (Å²) in [6.07, 6.45) is 0. The highest BCUT2D eigenvalue weighted by Crippen LogP contribution is 2.28. The van der Waals surface area contributed by atoms with Crippen LogP contribution in [0.3, 0.4) is 0 Å². The maximum atomic E-state index is 13.8. The first-order valence-electron chi connectivity index (χ1n) is 6.18. The molecule has 0 aliphatic carbocycles. The summed E-state index contributed by atoms with van der Waals surface area (Å²) in [5.41, 5.74) is 5.36. The minimum Gasteiger partial charge on any atom is -0.389 e. The third kappa shape index (κ3) is 3.86. The van der Waals surface area contributed by atoms with Crippen LogP contribution in [0.4, 0.5) is 14.5 Å². The van der Waals surface area contributed by atoms with Crippen LogP contribution in [0.15, 0.2) is 12.1 Å². The van der Waals surface area contributed by atoms with Gasteiger partial charge in [-0.25, -0.2) is 8.78 Å². The van der Waals surface area contributed by atoms with Gasteiger partial charge in [0.15, 0.2) is 0 Å². The molecule has 0 bridgehead atoms. The molecule has 0 aliphatic heterocycles. The van der Waals surface area contributed by atoms with Gasteiger partial charge in [0.25, 0.3) is 0 Å². The molecule has 0 heterocycles. The zero-order valence-electron chi connectivity index (χ0n) is 11.7. The summed E-state index contributed by atoms with van der Waals surface area (Å²) < 4.78 is 27.7. The molecule has 1 aromatic carbocycles. The van der Waals surface area contributed by atoms with Crippen molar-refractivity contribution in [2.24, 2.45) is 17.1 Å². The van der Waals surface area contributed by atoms with E-state index < -0.39 is 11.6 Å². The van der Waals surface area contributed by atoms with Crippen molar-refractivity contribution < 1.29 is 8.78 Å². The van der Waals surface area contributed by atoms with Gasteiger partial charge in [-0.05, 0) is 23.5 Å². The van der Waals surface area contributed by atoms with Gasteiger partial charge in [-0.1, -0.05) is 39.9 Å². The summed E-state index contributed by atoms with van der Waals surface area (Å²) in [4.78, 5) is -0.0214. The van der Waals surface area contributed by atoms with Crippen LogP contribution >= 0.6 is 12.2 Å². The summed E-state index contributed by atoms with van der Waals surface area (Å²) in [5.74, 6) is -0.966. The molecule has 106 valence electrons. The molecular formula is C14H20F2N2S. The van der Waals surface area contributed by atoms with E-state index in [0.29, 0.717) is 12.5 Å². The quantitative estimate of drug-likeness (QED) is 0.811. The molecule has 2 nitrogen and oxygen atoms in total. The lowest BCUT2D eigenvalue weighted by Crippen LogP contribution is -2.29. The van der Waals surface area contributed by atoms with Crippen molar-refractivity contribution in [3.63, 3.8) is 0 Å². The first-order valence-corrected chi connectivity index (χ1v) is 6.58. The summed E-state index contributed by atoms with van der Waals surface area (Å²) in [6, 6.07) is 2.30. The molecule has 0 saturated carbocycles. The monoisotopic (exact) mass is 286 g/mol. The number of thiocarbonyl (C=S) groups is 1. The lowest BCUT2D eigenvalue weighted by molar-refractivity contribution is 0.269. The SMILES string of the molecule is CC(C)C(C)(C)CNc1c(F)cc(C(N)=S)cc1F. The van der Waals surface area contributed by atoms with E-state index >= 15 is 0 Å². The van der Waals surface area contributed by atoms with Crippen molar-refractivity contribution in [2.45, 2.75) is 27.7 Å². The molecule has 19 heavy (non-hydrogen) atoms. The third-order valence-corrected chi connectivity index (χ3v) is 3.85. The zero-order chi connectivity index (χ0) is 14.8. The van der Waals surface area contributed by atoms with Gasteiger partial charge in [-0.3, -0.25) is 0 Å². The predicted octanol–water partition coefficient (Wildman–Crippen LogP) is 3.69. The van der Waals surface area contributed by atoms with Crippen LogP contribution in [0.2, 0.25) is 0 Å². The van der Waals surface area contributed by atoms with E-state index in [-0.39, 0.29) is 21.7 Å². The molecule has 0 fully saturated rings. The second-order valence-corrected chi connectivity index (χ2v) is 6.12. The number of nitrogens with two attached hydrogens (primary N) is 1. The van der Waals surface area contributed by atoms with Gasteiger partial charge < -0.3 is 11.1 Å². The van der Waals surface area contributed by atoms with Gasteiger partial charge in [-0.15, -0.1) is 0 Å². The fourth-order valence-corrected chi connectivity index (χ4v) is 1.52. The van der Waals surface area contributed by atoms with E-state index in [2.05, 4.69) is 19.2 Å². The molecule has 3 N–H and O–H groups in total. The molecule has 1 aromatic rings. The van der Waals surface area contributed by atoms with Crippen LogP contribution in [0, 0.1) is 23.0 Å². The number of nitrogens with one attached hydrogen (secondary N) is 1. The molecule has 0 unspecified atom stereocenters. The Morgan fingerprint density at radius 1 is 1.32 bits per heavy atom. The largest absolute Gasteiger partial charge is 0.389 e. The van der Waals surface area contributed by atoms with Crippen LogP contribution in [-0.2, 0) is 0 Å². The van der Waals surface area contributed by atoms with Crippen molar-refractivity contribution >= 4 is 22.9 Å². The second kappa shape index (κ2) is 5.82. The summed E-state index contributed by atoms with van der Waals surface area (Å²) >= 11 is 4.71. The lowest BCUT2D eigenvalue weighted by atomic mass is 9.81. The molecule has 1 rings (SSSR count). The molecule has 0 aliphatic rings. The minimum absolute atomic E-state index is 0.0214. The Labute approximate surface area is 118 Å². The Morgan fingerprint density at radius 2 is 1.79 bits per heavy atom. The van der Waals surface area contributed by atoms with Crippen LogP contribution in [-0.4, -0.2) is 11.5 Å². The number of anilines is 1. The number of rotatable bonds is 5. The number of hydrogen-bond acceptors (Lipinski definition) is 2. The Kier molecular flexibility index (Phi) is 4.85. The molecule has 0 amide bonds. The highest BCUT2D eigenvalue weighted by atomic mass is 32.1. The average molecular weight is 286 g/mol. The first-order chi connectivity index (χ1) is 8.65. The maximum Gasteiger partial charge on any atom is 0.150 e. The number of benzene rings is 1. The fourth-order valence-electron chi connectivity index (χ4n) is 1.40. The average Bonchev–Trinajstić information content (AvgIpc) is 2.27. The number of hydrogen-bond donors (Lipinski definition) is 2. The zero-order valence-corrected chi connectivity index (χ0v) is 12.5. The summed E-state index contributed by atoms with van der Waals surface area (Å²) in [6.45, 7) is 8.72. The van der Waals surface area contributed by atoms with Gasteiger partial charge >= 0.3 is 0 Å². The van der Waals surface area contributed by atoms with E-state index in [4.69, 9.17) is 18.0 Å². The highest BCUT2D eigenvalue weighted by Gasteiger charge is 2.23. The second-order valence-electron chi connectivity index (χ2n) is 5.68. The van der Waals surface area contributed by atoms with Gasteiger partial charge in [0, 0.05) is 12.1 Å². The summed E-state index contributed by atoms with van der Waals surface area (Å²) in [7, 11) is 0. The van der Waals surface area contributed by atoms with E-state index in [1.54, 1.807) is 0 Å². The van der Waals surface area contributed by atoms with Crippen LogP contribution in [0.5, 0.6) is 0 Å². The van der Waals surface area contributed by atoms with E-state index in [0.717, 1.165) is 12.1 Å². The first kappa shape index (κ1) is 15.8. The van der Waals surface area contributed by atoms with Crippen LogP contribution < -0.4 is 11.1 Å². The topological polar surface area (TPSA) is 38.0 Å². The third-order valence-electron chi connectivity index (χ3n) is 3.61. The predicted molar refractivity (Wildman–Crippen MR) is 79.4 cm³/mol. The fraction of sp³-hybridized carbons (Fsp3) is 0.500. The Balaban J connectivity index is 2.94. The Morgan fingerprint density at radius 3 is 2.16 bits per heavy atom. The van der Waals surface area contributed by atoms with Crippen LogP contribution in [0.25, 0.3) is 0 Å². The van der Waals surface area contributed by atoms with E-state index in [1.807, 2.05) is 13.8 Å². The molecular weight excluding hydrogens is 266 g/mol. The van der Waals surface area contributed by atoms with Gasteiger partial charge in [-0.2, -0.15) is 0 Å². The van der Waals surface area contributed by atoms with Crippen molar-refractivity contribution in [3.8, 4) is 0 Å². The standard InChI is InChI=1S/C14H20F2N2S/c1-8(2)14(3,4)7-18-12-10(15)5-9(13(17)19)6-11(12)16/h5-6,8,18H,7H2,1-4H3,(H2,17,19).